The highest BCUT2D eigenvalue weighted by Crippen LogP contribution is 2.49. The molecule has 1 aromatic heterocycles. The number of hydrogen-bond acceptors (Lipinski definition) is 6. The van der Waals surface area contributed by atoms with E-state index in [0.29, 0.717) is 19.5 Å². The number of fused-ring (bicyclic) bond motifs is 1. The third-order valence-corrected chi connectivity index (χ3v) is 7.25. The van der Waals surface area contributed by atoms with Crippen molar-refractivity contribution in [3.05, 3.63) is 71.1 Å². The van der Waals surface area contributed by atoms with E-state index in [0.717, 1.165) is 39.4 Å². The number of ether oxygens (including phenoxy) is 1. The van der Waals surface area contributed by atoms with Crippen LogP contribution in [0, 0.1) is 13.8 Å². The number of carbonyl (C=O) groups is 2. The van der Waals surface area contributed by atoms with Crippen molar-refractivity contribution in [2.75, 3.05) is 18.4 Å². The SMILES string of the molecule is Cc1noc(C)c1-c1ccc2c(c1)C(c1ccccc1)(N1CCC(C)(NC(=O)OC(C)(C)C)C1)C(=O)N2. The van der Waals surface area contributed by atoms with Crippen molar-refractivity contribution in [1.29, 1.82) is 0 Å². The first-order valence-corrected chi connectivity index (χ1v) is 12.6. The van der Waals surface area contributed by atoms with Gasteiger partial charge in [-0.3, -0.25) is 9.69 Å². The van der Waals surface area contributed by atoms with Crippen molar-refractivity contribution >= 4 is 17.7 Å². The minimum atomic E-state index is -1.06. The van der Waals surface area contributed by atoms with Crippen LogP contribution in [0.2, 0.25) is 0 Å². The third-order valence-electron chi connectivity index (χ3n) is 7.25. The normalized spacial score (nSPS) is 23.6. The van der Waals surface area contributed by atoms with E-state index >= 15 is 0 Å². The monoisotopic (exact) mass is 502 g/mol. The molecule has 3 aromatic rings. The van der Waals surface area contributed by atoms with Gasteiger partial charge in [0.1, 0.15) is 11.4 Å². The molecular weight excluding hydrogens is 468 g/mol. The average Bonchev–Trinajstić information content (AvgIpc) is 3.45. The summed E-state index contributed by atoms with van der Waals surface area (Å²) >= 11 is 0. The van der Waals surface area contributed by atoms with Crippen molar-refractivity contribution in [2.45, 2.75) is 64.6 Å². The number of anilines is 1. The highest BCUT2D eigenvalue weighted by Gasteiger charge is 2.56. The number of likely N-dealkylation sites (tertiary alicyclic amines) is 1. The van der Waals surface area contributed by atoms with Gasteiger partial charge in [-0.2, -0.15) is 0 Å². The highest BCUT2D eigenvalue weighted by atomic mass is 16.6. The highest BCUT2D eigenvalue weighted by molar-refractivity contribution is 6.09. The molecule has 8 heteroatoms. The second-order valence-electron chi connectivity index (χ2n) is 11.3. The molecule has 0 spiro atoms. The summed E-state index contributed by atoms with van der Waals surface area (Å²) in [7, 11) is 0. The van der Waals surface area contributed by atoms with Crippen molar-refractivity contribution in [3.8, 4) is 11.1 Å². The van der Waals surface area contributed by atoms with Gasteiger partial charge in [0.2, 0.25) is 0 Å². The lowest BCUT2D eigenvalue weighted by molar-refractivity contribution is -0.124. The number of aryl methyl sites for hydroxylation is 2. The Morgan fingerprint density at radius 1 is 1.16 bits per heavy atom. The van der Waals surface area contributed by atoms with Crippen LogP contribution < -0.4 is 10.6 Å². The summed E-state index contributed by atoms with van der Waals surface area (Å²) in [6, 6.07) is 15.9. The molecule has 1 saturated heterocycles. The van der Waals surface area contributed by atoms with Gasteiger partial charge in [0.05, 0.1) is 11.2 Å². The first-order valence-electron chi connectivity index (χ1n) is 12.6. The molecule has 0 bridgehead atoms. The van der Waals surface area contributed by atoms with Gasteiger partial charge in [-0.25, -0.2) is 4.79 Å². The molecule has 2 aromatic carbocycles. The predicted molar refractivity (Wildman–Crippen MR) is 141 cm³/mol. The lowest BCUT2D eigenvalue weighted by Crippen LogP contribution is -2.55. The maximum Gasteiger partial charge on any atom is 0.408 e. The standard InChI is InChI=1S/C29H34N4O4/c1-18-24(19(2)37-32-18)20-12-13-23-22(16-20)29(25(34)30-23,21-10-8-7-9-11-21)33-15-14-28(6,17-33)31-26(35)36-27(3,4)5/h7-13,16H,14-15,17H2,1-6H3,(H,30,34)(H,31,35). The Morgan fingerprint density at radius 2 is 1.89 bits per heavy atom. The predicted octanol–water partition coefficient (Wildman–Crippen LogP) is 5.14. The van der Waals surface area contributed by atoms with E-state index in [1.54, 1.807) is 0 Å². The summed E-state index contributed by atoms with van der Waals surface area (Å²) < 4.78 is 11.0. The number of rotatable bonds is 4. The second kappa shape index (κ2) is 8.73. The van der Waals surface area contributed by atoms with Gasteiger partial charge in [0.15, 0.2) is 5.54 Å². The van der Waals surface area contributed by atoms with Crippen LogP contribution in [0.4, 0.5) is 10.5 Å². The second-order valence-corrected chi connectivity index (χ2v) is 11.3. The fourth-order valence-corrected chi connectivity index (χ4v) is 5.70. The molecule has 1 fully saturated rings. The van der Waals surface area contributed by atoms with Crippen LogP contribution in [0.15, 0.2) is 53.1 Å². The zero-order valence-electron chi connectivity index (χ0n) is 22.3. The van der Waals surface area contributed by atoms with Crippen LogP contribution in [0.5, 0.6) is 0 Å². The van der Waals surface area contributed by atoms with E-state index in [2.05, 4.69) is 26.8 Å². The lowest BCUT2D eigenvalue weighted by atomic mass is 9.81. The van der Waals surface area contributed by atoms with Crippen LogP contribution in [0.1, 0.15) is 56.7 Å². The summed E-state index contributed by atoms with van der Waals surface area (Å²) in [6.07, 6.45) is 0.218. The zero-order valence-corrected chi connectivity index (χ0v) is 22.3. The average molecular weight is 503 g/mol. The number of alkyl carbamates (subject to hydrolysis) is 1. The summed E-state index contributed by atoms with van der Waals surface area (Å²) in [6.45, 7) is 12.4. The zero-order chi connectivity index (χ0) is 26.6. The smallest absolute Gasteiger partial charge is 0.408 e. The van der Waals surface area contributed by atoms with Crippen molar-refractivity contribution in [2.24, 2.45) is 0 Å². The van der Waals surface area contributed by atoms with Crippen LogP contribution in [-0.4, -0.2) is 46.3 Å². The number of benzene rings is 2. The van der Waals surface area contributed by atoms with Crippen molar-refractivity contribution in [1.82, 2.24) is 15.4 Å². The van der Waals surface area contributed by atoms with Crippen molar-refractivity contribution in [3.63, 3.8) is 0 Å². The van der Waals surface area contributed by atoms with Gasteiger partial charge in [0, 0.05) is 29.9 Å². The van der Waals surface area contributed by atoms with E-state index < -0.39 is 22.8 Å². The Morgan fingerprint density at radius 3 is 2.54 bits per heavy atom. The van der Waals surface area contributed by atoms with E-state index in [9.17, 15) is 9.59 Å². The van der Waals surface area contributed by atoms with Gasteiger partial charge >= 0.3 is 6.09 Å². The molecule has 2 aliphatic rings. The van der Waals surface area contributed by atoms with Crippen LogP contribution in [0.3, 0.4) is 0 Å². The Balaban J connectivity index is 1.59. The third kappa shape index (κ3) is 4.29. The number of hydrogen-bond donors (Lipinski definition) is 2. The van der Waals surface area contributed by atoms with Gasteiger partial charge in [-0.1, -0.05) is 41.6 Å². The quantitative estimate of drug-likeness (QED) is 0.513. The largest absolute Gasteiger partial charge is 0.444 e. The summed E-state index contributed by atoms with van der Waals surface area (Å²) in [5, 5.41) is 10.3. The maximum atomic E-state index is 14.0. The number of aromatic nitrogens is 1. The number of nitrogens with zero attached hydrogens (tertiary/aromatic N) is 2. The fraction of sp³-hybridized carbons (Fsp3) is 0.414. The van der Waals surface area contributed by atoms with Gasteiger partial charge < -0.3 is 19.9 Å². The van der Waals surface area contributed by atoms with E-state index in [-0.39, 0.29) is 5.91 Å². The molecule has 8 nitrogen and oxygen atoms in total. The minimum absolute atomic E-state index is 0.105. The van der Waals surface area contributed by atoms with E-state index in [1.165, 1.54) is 0 Å². The topological polar surface area (TPSA) is 96.7 Å². The summed E-state index contributed by atoms with van der Waals surface area (Å²) in [5.41, 5.74) is 3.00. The molecule has 194 valence electrons. The minimum Gasteiger partial charge on any atom is -0.444 e. The van der Waals surface area contributed by atoms with Crippen LogP contribution in [-0.2, 0) is 15.1 Å². The van der Waals surface area contributed by atoms with E-state index in [4.69, 9.17) is 9.26 Å². The first-order chi connectivity index (χ1) is 17.4. The lowest BCUT2D eigenvalue weighted by Gasteiger charge is -2.39. The van der Waals surface area contributed by atoms with Crippen LogP contribution in [0.25, 0.3) is 11.1 Å². The molecule has 3 heterocycles. The Hall–Kier alpha value is -3.65. The molecule has 2 amide bonds. The number of carbonyl (C=O) groups excluding carboxylic acids is 2. The molecule has 0 radical (unpaired) electrons. The molecule has 2 aliphatic heterocycles. The Kier molecular flexibility index (Phi) is 5.90. The molecular formula is C29H34N4O4. The fourth-order valence-electron chi connectivity index (χ4n) is 5.70. The first kappa shape index (κ1) is 25.0. The summed E-state index contributed by atoms with van der Waals surface area (Å²) in [5.74, 6) is 0.626. The maximum absolute atomic E-state index is 14.0. The molecule has 37 heavy (non-hydrogen) atoms. The number of amides is 2. The Bertz CT molecular complexity index is 1340. The van der Waals surface area contributed by atoms with Crippen LogP contribution >= 0.6 is 0 Å². The molecule has 2 unspecified atom stereocenters. The van der Waals surface area contributed by atoms with Gasteiger partial charge in [0.25, 0.3) is 5.91 Å². The molecule has 5 rings (SSSR count). The summed E-state index contributed by atoms with van der Waals surface area (Å²) in [4.78, 5) is 28.8. The number of nitrogens with one attached hydrogen (secondary N) is 2. The molecule has 0 aliphatic carbocycles. The van der Waals surface area contributed by atoms with E-state index in [1.807, 2.05) is 84.0 Å². The van der Waals surface area contributed by atoms with Gasteiger partial charge in [-0.15, -0.1) is 0 Å². The molecule has 2 atom stereocenters. The Labute approximate surface area is 217 Å². The van der Waals surface area contributed by atoms with Gasteiger partial charge in [-0.05, 0) is 71.2 Å². The van der Waals surface area contributed by atoms with Crippen molar-refractivity contribution < 1.29 is 18.8 Å². The molecule has 0 saturated carbocycles. The molecule has 2 N–H and O–H groups in total.